The fourth-order valence-corrected chi connectivity index (χ4v) is 1.95. The van der Waals surface area contributed by atoms with Crippen molar-refractivity contribution in [1.82, 2.24) is 0 Å². The molecule has 0 spiro atoms. The molecule has 1 aliphatic heterocycles. The Balaban J connectivity index is 2.22. The van der Waals surface area contributed by atoms with Crippen molar-refractivity contribution in [3.8, 4) is 0 Å². The summed E-state index contributed by atoms with van der Waals surface area (Å²) in [6.07, 6.45) is -0.371. The van der Waals surface area contributed by atoms with E-state index in [4.69, 9.17) is 9.47 Å². The van der Waals surface area contributed by atoms with Crippen LogP contribution in [0, 0.1) is 6.92 Å². The number of ether oxygens (including phenoxy) is 2. The summed E-state index contributed by atoms with van der Waals surface area (Å²) < 4.78 is 10.6. The highest BCUT2D eigenvalue weighted by Gasteiger charge is 2.37. The number of nitrogens with zero attached hydrogens (tertiary/aromatic N) is 1. The minimum absolute atomic E-state index is 0.333. The molecule has 0 saturated carbocycles. The maximum Gasteiger partial charge on any atom is 0.335 e. The molecule has 0 aliphatic carbocycles. The van der Waals surface area contributed by atoms with E-state index < -0.39 is 6.04 Å². The van der Waals surface area contributed by atoms with Crippen LogP contribution >= 0.6 is 0 Å². The summed E-state index contributed by atoms with van der Waals surface area (Å²) in [5, 5.41) is 0. The Morgan fingerprint density at radius 1 is 1.33 bits per heavy atom. The van der Waals surface area contributed by atoms with Gasteiger partial charge >= 0.3 is 5.97 Å². The fraction of sp³-hybridized carbons (Fsp3) is 0.429. The molecule has 0 amide bonds. The van der Waals surface area contributed by atoms with Crippen LogP contribution in [0.3, 0.4) is 0 Å². The molecule has 18 heavy (non-hydrogen) atoms. The lowest BCUT2D eigenvalue weighted by Gasteiger charge is -2.16. The van der Waals surface area contributed by atoms with Gasteiger partial charge in [-0.1, -0.05) is 29.8 Å². The molecule has 1 aliphatic rings. The third-order valence-corrected chi connectivity index (χ3v) is 2.84. The molecule has 0 saturated heterocycles. The van der Waals surface area contributed by atoms with E-state index in [1.54, 1.807) is 13.8 Å². The number of hydrogen-bond acceptors (Lipinski definition) is 4. The zero-order chi connectivity index (χ0) is 13.1. The van der Waals surface area contributed by atoms with E-state index in [1.165, 1.54) is 5.56 Å². The second-order valence-electron chi connectivity index (χ2n) is 4.29. The molecule has 1 aromatic carbocycles. The first-order chi connectivity index (χ1) is 8.61. The monoisotopic (exact) mass is 247 g/mol. The third kappa shape index (κ3) is 2.53. The Morgan fingerprint density at radius 3 is 2.61 bits per heavy atom. The third-order valence-electron chi connectivity index (χ3n) is 2.84. The van der Waals surface area contributed by atoms with E-state index in [1.807, 2.05) is 31.2 Å². The molecule has 0 N–H and O–H groups in total. The van der Waals surface area contributed by atoms with Gasteiger partial charge in [0.25, 0.3) is 0 Å². The Bertz CT molecular complexity index is 464. The lowest BCUT2D eigenvalue weighted by Crippen LogP contribution is -2.26. The first kappa shape index (κ1) is 12.6. The van der Waals surface area contributed by atoms with Gasteiger partial charge in [0.2, 0.25) is 0 Å². The summed E-state index contributed by atoms with van der Waals surface area (Å²) in [5.41, 5.74) is 2.11. The molecule has 1 heterocycles. The minimum Gasteiger partial charge on any atom is -0.470 e. The van der Waals surface area contributed by atoms with Gasteiger partial charge in [0.15, 0.2) is 18.0 Å². The second kappa shape index (κ2) is 5.21. The molecule has 0 aromatic heterocycles. The van der Waals surface area contributed by atoms with Gasteiger partial charge in [-0.15, -0.1) is 0 Å². The first-order valence-electron chi connectivity index (χ1n) is 6.06. The van der Waals surface area contributed by atoms with E-state index in [9.17, 15) is 4.79 Å². The zero-order valence-electron chi connectivity index (χ0n) is 10.8. The van der Waals surface area contributed by atoms with Gasteiger partial charge in [0.1, 0.15) is 0 Å². The van der Waals surface area contributed by atoms with Crippen LogP contribution in [0.25, 0.3) is 0 Å². The van der Waals surface area contributed by atoms with Gasteiger partial charge in [-0.2, -0.15) is 0 Å². The molecule has 0 radical (unpaired) electrons. The number of benzene rings is 1. The van der Waals surface area contributed by atoms with Crippen LogP contribution in [-0.4, -0.2) is 24.5 Å². The Hall–Kier alpha value is -1.84. The standard InChI is InChI=1S/C14H17NO3/c1-4-17-14(16)12-13(18-10(3)15-12)11-7-5-9(2)6-8-11/h5-8,12-13H,4H2,1-3H3. The van der Waals surface area contributed by atoms with Gasteiger partial charge < -0.3 is 9.47 Å². The van der Waals surface area contributed by atoms with Gasteiger partial charge in [-0.3, -0.25) is 0 Å². The predicted octanol–water partition coefficient (Wildman–Crippen LogP) is 2.42. The Kier molecular flexibility index (Phi) is 3.65. The molecule has 4 nitrogen and oxygen atoms in total. The molecular formula is C14H17NO3. The number of hydrogen-bond donors (Lipinski definition) is 0. The van der Waals surface area contributed by atoms with E-state index >= 15 is 0 Å². The van der Waals surface area contributed by atoms with Crippen molar-refractivity contribution in [2.24, 2.45) is 4.99 Å². The quantitative estimate of drug-likeness (QED) is 0.771. The lowest BCUT2D eigenvalue weighted by molar-refractivity contribution is -0.146. The van der Waals surface area contributed by atoms with Crippen LogP contribution in [-0.2, 0) is 14.3 Å². The summed E-state index contributed by atoms with van der Waals surface area (Å²) in [4.78, 5) is 16.0. The van der Waals surface area contributed by atoms with Crippen molar-refractivity contribution in [3.05, 3.63) is 35.4 Å². The number of esters is 1. The largest absolute Gasteiger partial charge is 0.470 e. The van der Waals surface area contributed by atoms with E-state index in [0.717, 1.165) is 5.56 Å². The molecule has 2 unspecified atom stereocenters. The molecular weight excluding hydrogens is 230 g/mol. The molecule has 2 atom stereocenters. The van der Waals surface area contributed by atoms with Crippen molar-refractivity contribution < 1.29 is 14.3 Å². The number of rotatable bonds is 3. The summed E-state index contributed by atoms with van der Waals surface area (Å²) >= 11 is 0. The molecule has 0 bridgehead atoms. The molecule has 4 heteroatoms. The van der Waals surface area contributed by atoms with Crippen molar-refractivity contribution >= 4 is 11.9 Å². The summed E-state index contributed by atoms with van der Waals surface area (Å²) in [6.45, 7) is 5.90. The van der Waals surface area contributed by atoms with Crippen LogP contribution in [0.1, 0.15) is 31.1 Å². The topological polar surface area (TPSA) is 47.9 Å². The fourth-order valence-electron chi connectivity index (χ4n) is 1.95. The highest BCUT2D eigenvalue weighted by atomic mass is 16.5. The van der Waals surface area contributed by atoms with Crippen molar-refractivity contribution in [1.29, 1.82) is 0 Å². The normalized spacial score (nSPS) is 22.3. The Labute approximate surface area is 107 Å². The highest BCUT2D eigenvalue weighted by molar-refractivity contribution is 5.85. The average Bonchev–Trinajstić information content (AvgIpc) is 2.73. The van der Waals surface area contributed by atoms with Crippen LogP contribution in [0.2, 0.25) is 0 Å². The van der Waals surface area contributed by atoms with Crippen molar-refractivity contribution in [2.75, 3.05) is 6.61 Å². The minimum atomic E-state index is -0.590. The average molecular weight is 247 g/mol. The van der Waals surface area contributed by atoms with Crippen LogP contribution in [0.5, 0.6) is 0 Å². The van der Waals surface area contributed by atoms with Crippen molar-refractivity contribution in [2.45, 2.75) is 32.9 Å². The number of carbonyl (C=O) groups excluding carboxylic acids is 1. The lowest BCUT2D eigenvalue weighted by atomic mass is 10.0. The van der Waals surface area contributed by atoms with Gasteiger partial charge in [0, 0.05) is 6.92 Å². The van der Waals surface area contributed by atoms with E-state index in [-0.39, 0.29) is 12.1 Å². The smallest absolute Gasteiger partial charge is 0.335 e. The second-order valence-corrected chi connectivity index (χ2v) is 4.29. The van der Waals surface area contributed by atoms with E-state index in [0.29, 0.717) is 12.5 Å². The maximum absolute atomic E-state index is 11.8. The van der Waals surface area contributed by atoms with Crippen LogP contribution in [0.4, 0.5) is 0 Å². The predicted molar refractivity (Wildman–Crippen MR) is 68.5 cm³/mol. The van der Waals surface area contributed by atoms with Crippen LogP contribution < -0.4 is 0 Å². The SMILES string of the molecule is CCOC(=O)C1N=C(C)OC1c1ccc(C)cc1. The molecule has 2 rings (SSSR count). The van der Waals surface area contributed by atoms with E-state index in [2.05, 4.69) is 4.99 Å². The Morgan fingerprint density at radius 2 is 2.00 bits per heavy atom. The molecule has 1 aromatic rings. The summed E-state index contributed by atoms with van der Waals surface area (Å²) in [7, 11) is 0. The molecule has 96 valence electrons. The number of aliphatic imine (C=N–C) groups is 1. The van der Waals surface area contributed by atoms with Crippen molar-refractivity contribution in [3.63, 3.8) is 0 Å². The maximum atomic E-state index is 11.8. The number of carbonyl (C=O) groups is 1. The van der Waals surface area contributed by atoms with Gasteiger partial charge in [0.05, 0.1) is 6.61 Å². The molecule has 0 fully saturated rings. The zero-order valence-corrected chi connectivity index (χ0v) is 10.8. The van der Waals surface area contributed by atoms with Gasteiger partial charge in [-0.05, 0) is 19.4 Å². The number of aryl methyl sites for hydroxylation is 1. The first-order valence-corrected chi connectivity index (χ1v) is 6.06. The summed E-state index contributed by atoms with van der Waals surface area (Å²) in [5.74, 6) is 0.193. The van der Waals surface area contributed by atoms with Crippen LogP contribution in [0.15, 0.2) is 29.3 Å². The highest BCUT2D eigenvalue weighted by Crippen LogP contribution is 2.30. The van der Waals surface area contributed by atoms with Gasteiger partial charge in [-0.25, -0.2) is 9.79 Å². The summed E-state index contributed by atoms with van der Waals surface area (Å²) in [6, 6.07) is 7.32.